The maximum absolute atomic E-state index is 6.48. The standard InChI is InChI=1S/C21H31NOSSi/c1-21(2,3)25(4,5)23-16-20(18-12-8-6-9-13-18)22-17-24-19-14-10-7-11-15-19/h6-15,20,22H,16-17H2,1-5H3/t20-/m0/s1. The zero-order valence-electron chi connectivity index (χ0n) is 16.1. The lowest BCUT2D eigenvalue weighted by Gasteiger charge is -2.37. The lowest BCUT2D eigenvalue weighted by molar-refractivity contribution is 0.248. The fourth-order valence-corrected chi connectivity index (χ4v) is 4.03. The van der Waals surface area contributed by atoms with E-state index in [0.717, 1.165) is 12.5 Å². The Morgan fingerprint density at radius 1 is 0.960 bits per heavy atom. The van der Waals surface area contributed by atoms with Crippen molar-refractivity contribution in [2.45, 2.75) is 49.8 Å². The molecule has 0 saturated carbocycles. The van der Waals surface area contributed by atoms with Gasteiger partial charge in [0.25, 0.3) is 0 Å². The van der Waals surface area contributed by atoms with Gasteiger partial charge >= 0.3 is 0 Å². The van der Waals surface area contributed by atoms with E-state index in [1.165, 1.54) is 10.5 Å². The topological polar surface area (TPSA) is 21.3 Å². The van der Waals surface area contributed by atoms with Crippen molar-refractivity contribution >= 4 is 20.1 Å². The minimum atomic E-state index is -1.75. The Balaban J connectivity index is 1.99. The summed E-state index contributed by atoms with van der Waals surface area (Å²) in [6.45, 7) is 12.2. The highest BCUT2D eigenvalue weighted by Crippen LogP contribution is 2.37. The Morgan fingerprint density at radius 3 is 2.08 bits per heavy atom. The summed E-state index contributed by atoms with van der Waals surface area (Å²) in [5.41, 5.74) is 1.29. The summed E-state index contributed by atoms with van der Waals surface area (Å²) >= 11 is 1.83. The lowest BCUT2D eigenvalue weighted by atomic mass is 10.1. The van der Waals surface area contributed by atoms with Gasteiger partial charge in [0, 0.05) is 10.8 Å². The van der Waals surface area contributed by atoms with Crippen molar-refractivity contribution in [3.05, 3.63) is 66.2 Å². The van der Waals surface area contributed by atoms with E-state index in [9.17, 15) is 0 Å². The molecule has 0 unspecified atom stereocenters. The van der Waals surface area contributed by atoms with E-state index in [0.29, 0.717) is 0 Å². The average molecular weight is 374 g/mol. The van der Waals surface area contributed by atoms with E-state index < -0.39 is 8.32 Å². The van der Waals surface area contributed by atoms with Crippen LogP contribution in [-0.4, -0.2) is 20.8 Å². The number of rotatable bonds is 8. The van der Waals surface area contributed by atoms with E-state index in [2.05, 4.69) is 99.8 Å². The molecule has 0 heterocycles. The SMILES string of the molecule is CC(C)(C)[Si](C)(C)OC[C@H](NCSc1ccccc1)c1ccccc1. The van der Waals surface area contributed by atoms with Crippen LogP contribution in [-0.2, 0) is 4.43 Å². The van der Waals surface area contributed by atoms with Crippen LogP contribution in [0.2, 0.25) is 18.1 Å². The molecule has 25 heavy (non-hydrogen) atoms. The highest BCUT2D eigenvalue weighted by Gasteiger charge is 2.37. The molecular formula is C21H31NOSSi. The van der Waals surface area contributed by atoms with Gasteiger partial charge in [0.2, 0.25) is 0 Å². The van der Waals surface area contributed by atoms with E-state index in [1.807, 2.05) is 11.8 Å². The first-order chi connectivity index (χ1) is 11.8. The zero-order chi connectivity index (χ0) is 18.3. The van der Waals surface area contributed by atoms with Crippen molar-refractivity contribution in [2.75, 3.05) is 12.5 Å². The maximum atomic E-state index is 6.48. The van der Waals surface area contributed by atoms with Crippen LogP contribution < -0.4 is 5.32 Å². The Bertz CT molecular complexity index is 625. The van der Waals surface area contributed by atoms with Crippen molar-refractivity contribution in [1.82, 2.24) is 5.32 Å². The molecule has 4 heteroatoms. The van der Waals surface area contributed by atoms with Crippen LogP contribution >= 0.6 is 11.8 Å². The van der Waals surface area contributed by atoms with E-state index in [1.54, 1.807) is 0 Å². The van der Waals surface area contributed by atoms with Gasteiger partial charge < -0.3 is 4.43 Å². The molecule has 0 aromatic heterocycles. The second-order valence-corrected chi connectivity index (χ2v) is 13.7. The van der Waals surface area contributed by atoms with Gasteiger partial charge in [-0.1, -0.05) is 69.3 Å². The predicted molar refractivity (Wildman–Crippen MR) is 113 cm³/mol. The van der Waals surface area contributed by atoms with Crippen LogP contribution in [0, 0.1) is 0 Å². The summed E-state index contributed by atoms with van der Waals surface area (Å²) in [7, 11) is -1.75. The summed E-state index contributed by atoms with van der Waals surface area (Å²) in [5.74, 6) is 0.866. The third-order valence-corrected chi connectivity index (χ3v) is 10.3. The van der Waals surface area contributed by atoms with Gasteiger partial charge in [-0.2, -0.15) is 0 Å². The first kappa shape index (κ1) is 20.2. The molecule has 2 aromatic rings. The van der Waals surface area contributed by atoms with E-state index in [4.69, 9.17) is 4.43 Å². The van der Waals surface area contributed by atoms with Crippen molar-refractivity contribution in [2.24, 2.45) is 0 Å². The van der Waals surface area contributed by atoms with Gasteiger partial charge in [0.15, 0.2) is 8.32 Å². The van der Waals surface area contributed by atoms with Crippen LogP contribution in [0.25, 0.3) is 0 Å². The molecule has 0 saturated heterocycles. The lowest BCUT2D eigenvalue weighted by Crippen LogP contribution is -2.43. The highest BCUT2D eigenvalue weighted by atomic mass is 32.2. The summed E-state index contributed by atoms with van der Waals surface area (Å²) < 4.78 is 6.48. The molecule has 2 rings (SSSR count). The fraction of sp³-hybridized carbons (Fsp3) is 0.429. The second-order valence-electron chi connectivity index (χ2n) is 7.84. The molecule has 136 valence electrons. The second kappa shape index (κ2) is 9.04. The van der Waals surface area contributed by atoms with Crippen LogP contribution in [0.4, 0.5) is 0 Å². The minimum absolute atomic E-state index is 0.214. The maximum Gasteiger partial charge on any atom is 0.192 e. The third-order valence-electron chi connectivity index (χ3n) is 4.93. The van der Waals surface area contributed by atoms with Gasteiger partial charge in [-0.25, -0.2) is 0 Å². The molecule has 1 N–H and O–H groups in total. The van der Waals surface area contributed by atoms with Crippen molar-refractivity contribution in [3.63, 3.8) is 0 Å². The summed E-state index contributed by atoms with van der Waals surface area (Å²) in [5, 5.41) is 3.90. The molecule has 0 aliphatic carbocycles. The molecule has 0 aliphatic rings. The van der Waals surface area contributed by atoms with Gasteiger partial charge in [0.1, 0.15) is 0 Å². The normalized spacial score (nSPS) is 13.6. The average Bonchev–Trinajstić information content (AvgIpc) is 2.58. The molecule has 1 atom stereocenters. The molecule has 0 aliphatic heterocycles. The van der Waals surface area contributed by atoms with E-state index >= 15 is 0 Å². The monoisotopic (exact) mass is 373 g/mol. The number of benzene rings is 2. The quantitative estimate of drug-likeness (QED) is 0.344. The molecule has 0 spiro atoms. The highest BCUT2D eigenvalue weighted by molar-refractivity contribution is 7.99. The molecule has 0 fully saturated rings. The molecule has 2 nitrogen and oxygen atoms in total. The first-order valence-corrected chi connectivity index (χ1v) is 12.8. The predicted octanol–water partition coefficient (Wildman–Crippen LogP) is 6.09. The number of thioether (sulfide) groups is 1. The Morgan fingerprint density at radius 2 is 1.52 bits per heavy atom. The number of nitrogens with one attached hydrogen (secondary N) is 1. The number of hydrogen-bond donors (Lipinski definition) is 1. The van der Waals surface area contributed by atoms with Crippen molar-refractivity contribution in [3.8, 4) is 0 Å². The zero-order valence-corrected chi connectivity index (χ0v) is 17.9. The molecule has 0 amide bonds. The Kier molecular flexibility index (Phi) is 7.32. The van der Waals surface area contributed by atoms with E-state index in [-0.39, 0.29) is 11.1 Å². The molecule has 2 aromatic carbocycles. The largest absolute Gasteiger partial charge is 0.415 e. The van der Waals surface area contributed by atoms with Crippen molar-refractivity contribution < 1.29 is 4.43 Å². The van der Waals surface area contributed by atoms with Crippen LogP contribution in [0.15, 0.2) is 65.6 Å². The Hall–Kier alpha value is -1.07. The van der Waals surface area contributed by atoms with Crippen LogP contribution in [0.3, 0.4) is 0 Å². The minimum Gasteiger partial charge on any atom is -0.415 e. The van der Waals surface area contributed by atoms with Crippen LogP contribution in [0.1, 0.15) is 32.4 Å². The third kappa shape index (κ3) is 6.30. The molecule has 0 bridgehead atoms. The smallest absolute Gasteiger partial charge is 0.192 e. The molecular weight excluding hydrogens is 342 g/mol. The fourth-order valence-electron chi connectivity index (χ4n) is 2.21. The van der Waals surface area contributed by atoms with Gasteiger partial charge in [-0.15, -0.1) is 11.8 Å². The van der Waals surface area contributed by atoms with Gasteiger partial charge in [0.05, 0.1) is 12.6 Å². The first-order valence-electron chi connectivity index (χ1n) is 8.90. The number of hydrogen-bond acceptors (Lipinski definition) is 3. The summed E-state index contributed by atoms with van der Waals surface area (Å²) in [6, 6.07) is 21.3. The van der Waals surface area contributed by atoms with Crippen LogP contribution in [0.5, 0.6) is 0 Å². The van der Waals surface area contributed by atoms with Gasteiger partial charge in [-0.05, 0) is 35.8 Å². The Labute approximate surface area is 158 Å². The summed E-state index contributed by atoms with van der Waals surface area (Å²) in [4.78, 5) is 1.28. The summed E-state index contributed by atoms with van der Waals surface area (Å²) in [6.07, 6.45) is 0. The van der Waals surface area contributed by atoms with Crippen molar-refractivity contribution in [1.29, 1.82) is 0 Å². The molecule has 0 radical (unpaired) electrons. The van der Waals surface area contributed by atoms with Gasteiger partial charge in [-0.3, -0.25) is 5.32 Å².